The number of fused-ring (bicyclic) bond motifs is 2. The lowest BCUT2D eigenvalue weighted by Crippen LogP contribution is -2.34. The highest BCUT2D eigenvalue weighted by molar-refractivity contribution is 5.94. The van der Waals surface area contributed by atoms with Gasteiger partial charge in [0.25, 0.3) is 0 Å². The van der Waals surface area contributed by atoms with Crippen LogP contribution in [0.15, 0.2) is 60.8 Å². The Morgan fingerprint density at radius 2 is 1.74 bits per heavy atom. The number of hydrogen-bond acceptors (Lipinski definition) is 5. The summed E-state index contributed by atoms with van der Waals surface area (Å²) < 4.78 is 2.17. The van der Waals surface area contributed by atoms with Crippen LogP contribution in [0, 0.1) is 11.3 Å². The third-order valence-corrected chi connectivity index (χ3v) is 4.97. The van der Waals surface area contributed by atoms with Crippen molar-refractivity contribution < 1.29 is 0 Å². The lowest BCUT2D eigenvalue weighted by Gasteiger charge is -2.31. The zero-order valence-corrected chi connectivity index (χ0v) is 14.6. The summed E-state index contributed by atoms with van der Waals surface area (Å²) in [7, 11) is 0. The molecule has 27 heavy (non-hydrogen) atoms. The van der Waals surface area contributed by atoms with Crippen LogP contribution in [0.2, 0.25) is 0 Å². The van der Waals surface area contributed by atoms with Crippen molar-refractivity contribution in [3.63, 3.8) is 0 Å². The second-order valence-corrected chi connectivity index (χ2v) is 6.53. The van der Waals surface area contributed by atoms with Gasteiger partial charge in [-0.2, -0.15) is 5.26 Å². The average Bonchev–Trinajstić information content (AvgIpc) is 3.16. The molecule has 6 nitrogen and oxygen atoms in total. The third kappa shape index (κ3) is 2.52. The molecule has 0 unspecified atom stereocenters. The van der Waals surface area contributed by atoms with Gasteiger partial charge in [0.1, 0.15) is 6.07 Å². The fourth-order valence-electron chi connectivity index (χ4n) is 3.70. The van der Waals surface area contributed by atoms with E-state index in [1.165, 1.54) is 0 Å². The van der Waals surface area contributed by atoms with E-state index in [0.29, 0.717) is 12.1 Å². The predicted octanol–water partition coefficient (Wildman–Crippen LogP) is 3.39. The Hall–Kier alpha value is -3.72. The van der Waals surface area contributed by atoms with Crippen molar-refractivity contribution in [1.29, 1.82) is 5.26 Å². The minimum Gasteiger partial charge on any atom is -0.361 e. The topological polar surface area (TPSA) is 70.6 Å². The highest BCUT2D eigenvalue weighted by Crippen LogP contribution is 2.32. The fourth-order valence-corrected chi connectivity index (χ4v) is 3.70. The van der Waals surface area contributed by atoms with Gasteiger partial charge in [0.15, 0.2) is 11.6 Å². The first-order valence-electron chi connectivity index (χ1n) is 8.85. The van der Waals surface area contributed by atoms with E-state index >= 15 is 0 Å². The molecule has 0 radical (unpaired) electrons. The Morgan fingerprint density at radius 1 is 0.926 bits per heavy atom. The summed E-state index contributed by atoms with van der Waals surface area (Å²) in [5, 5.41) is 19.4. The molecule has 0 N–H and O–H groups in total. The maximum absolute atomic E-state index is 9.61. The third-order valence-electron chi connectivity index (χ3n) is 4.97. The molecule has 5 rings (SSSR count). The van der Waals surface area contributed by atoms with E-state index in [4.69, 9.17) is 0 Å². The molecule has 4 aromatic rings. The second-order valence-electron chi connectivity index (χ2n) is 6.53. The second kappa shape index (κ2) is 6.22. The predicted molar refractivity (Wildman–Crippen MR) is 103 cm³/mol. The number of anilines is 1. The van der Waals surface area contributed by atoms with Crippen molar-refractivity contribution in [2.45, 2.75) is 13.1 Å². The molecule has 0 saturated carbocycles. The number of rotatable bonds is 2. The maximum Gasteiger partial charge on any atom is 0.164 e. The molecule has 2 aromatic carbocycles. The van der Waals surface area contributed by atoms with Crippen molar-refractivity contribution in [3.05, 3.63) is 72.2 Å². The maximum atomic E-state index is 9.61. The van der Waals surface area contributed by atoms with E-state index in [1.54, 1.807) is 6.20 Å². The van der Waals surface area contributed by atoms with E-state index in [0.717, 1.165) is 46.9 Å². The number of nitriles is 1. The van der Waals surface area contributed by atoms with Gasteiger partial charge >= 0.3 is 0 Å². The summed E-state index contributed by atoms with van der Waals surface area (Å²) in [4.78, 5) is 6.62. The number of aromatic nitrogens is 4. The van der Waals surface area contributed by atoms with Gasteiger partial charge in [-0.15, -0.1) is 10.2 Å². The molecule has 2 aromatic heterocycles. The van der Waals surface area contributed by atoms with Crippen LogP contribution >= 0.6 is 0 Å². The Labute approximate surface area is 156 Å². The van der Waals surface area contributed by atoms with Crippen LogP contribution in [-0.2, 0) is 13.1 Å². The molecule has 130 valence electrons. The van der Waals surface area contributed by atoms with Gasteiger partial charge in [-0.1, -0.05) is 48.5 Å². The SMILES string of the molecule is N#Cc1cnc2ccccc2c1N1CCn2c(nnc2-c2ccccc2)C1. The molecule has 3 heterocycles. The first-order chi connectivity index (χ1) is 13.3. The molecule has 1 aliphatic heterocycles. The molecule has 0 fully saturated rings. The molecular formula is C21H16N6. The molecule has 0 amide bonds. The highest BCUT2D eigenvalue weighted by atomic mass is 15.3. The first-order valence-corrected chi connectivity index (χ1v) is 8.85. The fraction of sp³-hybridized carbons (Fsp3) is 0.143. The zero-order chi connectivity index (χ0) is 18.2. The normalized spacial score (nSPS) is 13.4. The summed E-state index contributed by atoms with van der Waals surface area (Å²) in [6, 6.07) is 20.3. The monoisotopic (exact) mass is 352 g/mol. The zero-order valence-electron chi connectivity index (χ0n) is 14.6. The van der Waals surface area contributed by atoms with Crippen LogP contribution in [0.1, 0.15) is 11.4 Å². The minimum atomic E-state index is 0.588. The Kier molecular flexibility index (Phi) is 3.58. The molecule has 0 bridgehead atoms. The Morgan fingerprint density at radius 3 is 2.59 bits per heavy atom. The summed E-state index contributed by atoms with van der Waals surface area (Å²) in [5.41, 5.74) is 3.48. The van der Waals surface area contributed by atoms with Crippen molar-refractivity contribution in [2.75, 3.05) is 11.4 Å². The number of pyridine rings is 1. The van der Waals surface area contributed by atoms with E-state index < -0.39 is 0 Å². The van der Waals surface area contributed by atoms with Gasteiger partial charge in [0, 0.05) is 30.2 Å². The number of hydrogen-bond donors (Lipinski definition) is 0. The number of para-hydroxylation sites is 1. The summed E-state index contributed by atoms with van der Waals surface area (Å²) in [6.07, 6.45) is 1.66. The first kappa shape index (κ1) is 15.5. The standard InChI is InChI=1S/C21H16N6/c22-12-16-13-23-18-9-5-4-8-17(18)20(16)26-10-11-27-19(14-26)24-25-21(27)15-6-2-1-3-7-15/h1-9,13H,10-11,14H2. The van der Waals surface area contributed by atoms with Crippen LogP contribution < -0.4 is 4.90 Å². The van der Waals surface area contributed by atoms with Crippen LogP contribution in [-0.4, -0.2) is 26.3 Å². The Bertz CT molecular complexity index is 1170. The van der Waals surface area contributed by atoms with E-state index in [2.05, 4.69) is 30.7 Å². The molecule has 0 spiro atoms. The van der Waals surface area contributed by atoms with Crippen LogP contribution in [0.25, 0.3) is 22.3 Å². The largest absolute Gasteiger partial charge is 0.361 e. The summed E-state index contributed by atoms with van der Waals surface area (Å²) >= 11 is 0. The van der Waals surface area contributed by atoms with Gasteiger partial charge in [-0.05, 0) is 6.07 Å². The van der Waals surface area contributed by atoms with Crippen molar-refractivity contribution in [2.24, 2.45) is 0 Å². The van der Waals surface area contributed by atoms with Gasteiger partial charge in [-0.25, -0.2) is 0 Å². The van der Waals surface area contributed by atoms with Gasteiger partial charge in [0.05, 0.1) is 23.3 Å². The van der Waals surface area contributed by atoms with Crippen molar-refractivity contribution in [1.82, 2.24) is 19.7 Å². The van der Waals surface area contributed by atoms with Crippen molar-refractivity contribution in [3.8, 4) is 17.5 Å². The van der Waals surface area contributed by atoms with E-state index in [9.17, 15) is 5.26 Å². The van der Waals surface area contributed by atoms with Crippen LogP contribution in [0.5, 0.6) is 0 Å². The average molecular weight is 352 g/mol. The van der Waals surface area contributed by atoms with Crippen molar-refractivity contribution >= 4 is 16.6 Å². The lowest BCUT2D eigenvalue weighted by atomic mass is 10.1. The van der Waals surface area contributed by atoms with Gasteiger partial charge in [-0.3, -0.25) is 4.98 Å². The smallest absolute Gasteiger partial charge is 0.164 e. The van der Waals surface area contributed by atoms with E-state index in [-0.39, 0.29) is 0 Å². The molecule has 0 aliphatic carbocycles. The Balaban J connectivity index is 1.57. The van der Waals surface area contributed by atoms with Crippen LogP contribution in [0.3, 0.4) is 0 Å². The lowest BCUT2D eigenvalue weighted by molar-refractivity contribution is 0.564. The number of benzene rings is 2. The quantitative estimate of drug-likeness (QED) is 0.553. The highest BCUT2D eigenvalue weighted by Gasteiger charge is 2.25. The number of nitrogens with zero attached hydrogens (tertiary/aromatic N) is 6. The molecule has 6 heteroatoms. The molecule has 1 aliphatic rings. The molecule has 0 atom stereocenters. The minimum absolute atomic E-state index is 0.588. The van der Waals surface area contributed by atoms with Gasteiger partial charge < -0.3 is 9.47 Å². The summed E-state index contributed by atoms with van der Waals surface area (Å²) in [6.45, 7) is 2.17. The molecular weight excluding hydrogens is 336 g/mol. The van der Waals surface area contributed by atoms with Gasteiger partial charge in [0.2, 0.25) is 0 Å². The van der Waals surface area contributed by atoms with E-state index in [1.807, 2.05) is 54.6 Å². The van der Waals surface area contributed by atoms with Crippen LogP contribution in [0.4, 0.5) is 5.69 Å². The summed E-state index contributed by atoms with van der Waals surface area (Å²) in [5.74, 6) is 1.80. The molecule has 0 saturated heterocycles.